The van der Waals surface area contributed by atoms with Gasteiger partial charge < -0.3 is 10.6 Å². The molecule has 2 N–H and O–H groups in total. The fourth-order valence-electron chi connectivity index (χ4n) is 3.04. The molecule has 2 aromatic carbocycles. The number of rotatable bonds is 8. The molecular formula is C23H30N2O2. The maximum absolute atomic E-state index is 12.7. The minimum atomic E-state index is -0.542. The number of nitrogens with one attached hydrogen (secondary N) is 2. The molecule has 144 valence electrons. The lowest BCUT2D eigenvalue weighted by Gasteiger charge is -2.22. The quantitative estimate of drug-likeness (QED) is 0.740. The lowest BCUT2D eigenvalue weighted by Crippen LogP contribution is -2.48. The van der Waals surface area contributed by atoms with Crippen molar-refractivity contribution >= 4 is 11.8 Å². The molecule has 2 amide bonds. The van der Waals surface area contributed by atoms with Crippen LogP contribution in [0.3, 0.4) is 0 Å². The minimum absolute atomic E-state index is 0.131. The van der Waals surface area contributed by atoms with Gasteiger partial charge in [0.05, 0.1) is 0 Å². The van der Waals surface area contributed by atoms with Gasteiger partial charge in [-0.1, -0.05) is 69.3 Å². The molecule has 4 nitrogen and oxygen atoms in total. The summed E-state index contributed by atoms with van der Waals surface area (Å²) in [5.41, 5.74) is 2.69. The lowest BCUT2D eigenvalue weighted by molar-refractivity contribution is -0.123. The van der Waals surface area contributed by atoms with Gasteiger partial charge in [-0.25, -0.2) is 0 Å². The summed E-state index contributed by atoms with van der Waals surface area (Å²) in [7, 11) is 0. The molecule has 0 spiro atoms. The number of hydrogen-bond acceptors (Lipinski definition) is 2. The monoisotopic (exact) mass is 366 g/mol. The number of benzene rings is 2. The van der Waals surface area contributed by atoms with Crippen LogP contribution in [0.5, 0.6) is 0 Å². The smallest absolute Gasteiger partial charge is 0.252 e. The molecule has 2 aromatic rings. The van der Waals surface area contributed by atoms with E-state index in [-0.39, 0.29) is 17.7 Å². The van der Waals surface area contributed by atoms with Crippen LogP contribution in [0.1, 0.15) is 54.6 Å². The van der Waals surface area contributed by atoms with Crippen molar-refractivity contribution in [2.75, 3.05) is 6.54 Å². The van der Waals surface area contributed by atoms with Crippen LogP contribution in [0.4, 0.5) is 0 Å². The third-order valence-electron chi connectivity index (χ3n) is 4.67. The Labute approximate surface area is 162 Å². The summed E-state index contributed by atoms with van der Waals surface area (Å²) in [6.07, 6.45) is 0.600. The Bertz CT molecular complexity index is 756. The van der Waals surface area contributed by atoms with E-state index < -0.39 is 6.04 Å². The summed E-state index contributed by atoms with van der Waals surface area (Å²) in [5.74, 6) is 0.171. The highest BCUT2D eigenvalue weighted by Gasteiger charge is 2.23. The predicted molar refractivity (Wildman–Crippen MR) is 110 cm³/mol. The van der Waals surface area contributed by atoms with Crippen LogP contribution in [-0.4, -0.2) is 24.4 Å². The molecule has 0 aliphatic carbocycles. The van der Waals surface area contributed by atoms with Crippen molar-refractivity contribution in [1.82, 2.24) is 10.6 Å². The van der Waals surface area contributed by atoms with Crippen LogP contribution in [0.15, 0.2) is 54.6 Å². The summed E-state index contributed by atoms with van der Waals surface area (Å²) in [4.78, 5) is 25.4. The van der Waals surface area contributed by atoms with Crippen molar-refractivity contribution in [3.8, 4) is 0 Å². The first kappa shape index (κ1) is 20.7. The summed E-state index contributed by atoms with van der Waals surface area (Å²) in [5, 5.41) is 5.92. The molecule has 0 saturated carbocycles. The highest BCUT2D eigenvalue weighted by atomic mass is 16.2. The SMILES string of the molecule is Cc1ccccc1C(=O)NC(CC(C)C)C(=O)NCC(C)c1ccccc1. The van der Waals surface area contributed by atoms with Gasteiger partial charge in [-0.15, -0.1) is 0 Å². The summed E-state index contributed by atoms with van der Waals surface area (Å²) >= 11 is 0. The van der Waals surface area contributed by atoms with Gasteiger partial charge in [-0.3, -0.25) is 9.59 Å². The first-order valence-electron chi connectivity index (χ1n) is 9.57. The first-order valence-corrected chi connectivity index (χ1v) is 9.57. The third kappa shape index (κ3) is 6.24. The Balaban J connectivity index is 2.01. The molecule has 0 aromatic heterocycles. The van der Waals surface area contributed by atoms with Crippen molar-refractivity contribution in [2.45, 2.75) is 46.1 Å². The molecule has 2 rings (SSSR count). The van der Waals surface area contributed by atoms with Crippen molar-refractivity contribution in [2.24, 2.45) is 5.92 Å². The predicted octanol–water partition coefficient (Wildman–Crippen LogP) is 4.06. The van der Waals surface area contributed by atoms with Gasteiger partial charge >= 0.3 is 0 Å². The highest BCUT2D eigenvalue weighted by Crippen LogP contribution is 2.14. The topological polar surface area (TPSA) is 58.2 Å². The molecule has 0 saturated heterocycles. The van der Waals surface area contributed by atoms with E-state index in [4.69, 9.17) is 0 Å². The van der Waals surface area contributed by atoms with Crippen molar-refractivity contribution in [1.29, 1.82) is 0 Å². The molecule has 2 atom stereocenters. The standard InChI is InChI=1S/C23H30N2O2/c1-16(2)14-21(25-22(26)20-13-9-8-10-17(20)3)23(27)24-15-18(4)19-11-6-5-7-12-19/h5-13,16,18,21H,14-15H2,1-4H3,(H,24,27)(H,25,26). The van der Waals surface area contributed by atoms with Crippen LogP contribution < -0.4 is 10.6 Å². The van der Waals surface area contributed by atoms with E-state index in [2.05, 4.69) is 29.7 Å². The van der Waals surface area contributed by atoms with Crippen LogP contribution in [0, 0.1) is 12.8 Å². The fourth-order valence-corrected chi connectivity index (χ4v) is 3.04. The molecule has 0 radical (unpaired) electrons. The van der Waals surface area contributed by atoms with E-state index in [1.807, 2.05) is 57.2 Å². The van der Waals surface area contributed by atoms with Crippen molar-refractivity contribution < 1.29 is 9.59 Å². The summed E-state index contributed by atoms with van der Waals surface area (Å²) < 4.78 is 0. The second kappa shape index (κ2) is 9.91. The lowest BCUT2D eigenvalue weighted by atomic mass is 9.99. The average molecular weight is 367 g/mol. The maximum Gasteiger partial charge on any atom is 0.252 e. The molecule has 0 bridgehead atoms. The van der Waals surface area contributed by atoms with Crippen LogP contribution in [-0.2, 0) is 4.79 Å². The summed E-state index contributed by atoms with van der Waals surface area (Å²) in [6, 6.07) is 17.0. The Morgan fingerprint density at radius 3 is 2.19 bits per heavy atom. The number of aryl methyl sites for hydroxylation is 1. The zero-order valence-corrected chi connectivity index (χ0v) is 16.7. The van der Waals surface area contributed by atoms with Gasteiger partial charge in [0.25, 0.3) is 5.91 Å². The van der Waals surface area contributed by atoms with Crippen LogP contribution in [0.25, 0.3) is 0 Å². The second-order valence-electron chi connectivity index (χ2n) is 7.53. The van der Waals surface area contributed by atoms with Gasteiger partial charge in [0, 0.05) is 12.1 Å². The molecule has 4 heteroatoms. The normalized spacial score (nSPS) is 13.1. The minimum Gasteiger partial charge on any atom is -0.354 e. The molecule has 0 heterocycles. The van der Waals surface area contributed by atoms with Crippen molar-refractivity contribution in [3.05, 3.63) is 71.3 Å². The Hall–Kier alpha value is -2.62. The Morgan fingerprint density at radius 1 is 0.926 bits per heavy atom. The fraction of sp³-hybridized carbons (Fsp3) is 0.391. The maximum atomic E-state index is 12.7. The number of amides is 2. The van der Waals surface area contributed by atoms with E-state index >= 15 is 0 Å². The number of hydrogen-bond donors (Lipinski definition) is 2. The van der Waals surface area contributed by atoms with E-state index in [1.54, 1.807) is 6.07 Å². The van der Waals surface area contributed by atoms with Crippen LogP contribution >= 0.6 is 0 Å². The molecule has 0 fully saturated rings. The average Bonchev–Trinajstić information content (AvgIpc) is 2.65. The third-order valence-corrected chi connectivity index (χ3v) is 4.67. The van der Waals surface area contributed by atoms with Gasteiger partial charge in [0.2, 0.25) is 5.91 Å². The second-order valence-corrected chi connectivity index (χ2v) is 7.53. The Morgan fingerprint density at radius 2 is 1.56 bits per heavy atom. The van der Waals surface area contributed by atoms with Gasteiger partial charge in [-0.2, -0.15) is 0 Å². The van der Waals surface area contributed by atoms with Crippen LogP contribution in [0.2, 0.25) is 0 Å². The Kier molecular flexibility index (Phi) is 7.59. The van der Waals surface area contributed by atoms with E-state index in [9.17, 15) is 9.59 Å². The zero-order chi connectivity index (χ0) is 19.8. The molecule has 2 unspecified atom stereocenters. The van der Waals surface area contributed by atoms with Gasteiger partial charge in [-0.05, 0) is 42.4 Å². The first-order chi connectivity index (χ1) is 12.9. The molecule has 0 aliphatic heterocycles. The molecular weight excluding hydrogens is 336 g/mol. The van der Waals surface area contributed by atoms with Gasteiger partial charge in [0.1, 0.15) is 6.04 Å². The highest BCUT2D eigenvalue weighted by molar-refractivity contribution is 5.98. The largest absolute Gasteiger partial charge is 0.354 e. The number of carbonyl (C=O) groups excluding carboxylic acids is 2. The van der Waals surface area contributed by atoms with Crippen molar-refractivity contribution in [3.63, 3.8) is 0 Å². The van der Waals surface area contributed by atoms with Gasteiger partial charge in [0.15, 0.2) is 0 Å². The van der Waals surface area contributed by atoms with E-state index in [1.165, 1.54) is 5.56 Å². The number of carbonyl (C=O) groups is 2. The van der Waals surface area contributed by atoms with E-state index in [0.717, 1.165) is 5.56 Å². The zero-order valence-electron chi connectivity index (χ0n) is 16.7. The molecule has 0 aliphatic rings. The molecule has 27 heavy (non-hydrogen) atoms. The van der Waals surface area contributed by atoms with E-state index in [0.29, 0.717) is 24.4 Å². The summed E-state index contributed by atoms with van der Waals surface area (Å²) in [6.45, 7) is 8.62.